The van der Waals surface area contributed by atoms with Crippen molar-refractivity contribution in [2.75, 3.05) is 9.80 Å². The van der Waals surface area contributed by atoms with Crippen molar-refractivity contribution in [3.63, 3.8) is 0 Å². The Bertz CT molecular complexity index is 1180. The molecule has 0 aromatic heterocycles. The molecule has 1 heterocycles. The number of benzene rings is 4. The maximum absolute atomic E-state index is 6.74. The standard InChI is InChI=1S/C27H21Cl3N2/c28-22-12-4-1-9-19(22)17-31-25-15-7-8-16-26(25)32(18-20-10-2-5-13-23(20)29)27(31)21-11-3-6-14-24(21)30/h1-16,27H,17-18H2. The van der Waals surface area contributed by atoms with Crippen molar-refractivity contribution in [3.05, 3.63) is 129 Å². The van der Waals surface area contributed by atoms with Crippen LogP contribution in [0.1, 0.15) is 22.9 Å². The van der Waals surface area contributed by atoms with Crippen LogP contribution in [0.4, 0.5) is 11.4 Å². The van der Waals surface area contributed by atoms with Gasteiger partial charge in [-0.05, 0) is 41.5 Å². The van der Waals surface area contributed by atoms with Gasteiger partial charge in [0.15, 0.2) is 0 Å². The van der Waals surface area contributed by atoms with E-state index < -0.39 is 0 Å². The number of fused-ring (bicyclic) bond motifs is 1. The summed E-state index contributed by atoms with van der Waals surface area (Å²) < 4.78 is 0. The highest BCUT2D eigenvalue weighted by molar-refractivity contribution is 6.32. The number of para-hydroxylation sites is 2. The average molecular weight is 480 g/mol. The summed E-state index contributed by atoms with van der Waals surface area (Å²) in [7, 11) is 0. The summed E-state index contributed by atoms with van der Waals surface area (Å²) in [6, 6.07) is 32.5. The van der Waals surface area contributed by atoms with Crippen LogP contribution in [0.25, 0.3) is 0 Å². The first-order chi connectivity index (χ1) is 15.6. The van der Waals surface area contributed by atoms with Crippen molar-refractivity contribution in [1.82, 2.24) is 0 Å². The topological polar surface area (TPSA) is 6.48 Å². The van der Waals surface area contributed by atoms with Crippen LogP contribution < -0.4 is 9.80 Å². The van der Waals surface area contributed by atoms with E-state index in [1.165, 1.54) is 0 Å². The van der Waals surface area contributed by atoms with E-state index in [0.717, 1.165) is 43.1 Å². The minimum atomic E-state index is -0.103. The van der Waals surface area contributed by atoms with Gasteiger partial charge in [-0.1, -0.05) is 102 Å². The van der Waals surface area contributed by atoms with Crippen LogP contribution in [0.2, 0.25) is 15.1 Å². The molecule has 0 saturated heterocycles. The molecular weight excluding hydrogens is 459 g/mol. The number of hydrogen-bond acceptors (Lipinski definition) is 2. The molecule has 0 fully saturated rings. The van der Waals surface area contributed by atoms with Crippen molar-refractivity contribution < 1.29 is 0 Å². The molecule has 1 aliphatic rings. The molecule has 0 unspecified atom stereocenters. The van der Waals surface area contributed by atoms with E-state index in [1.807, 2.05) is 54.6 Å². The third-order valence-corrected chi connectivity index (χ3v) is 6.95. The smallest absolute Gasteiger partial charge is 0.130 e. The lowest BCUT2D eigenvalue weighted by molar-refractivity contribution is 0.604. The molecule has 5 heteroatoms. The molecular formula is C27H21Cl3N2. The van der Waals surface area contributed by atoms with E-state index in [1.54, 1.807) is 0 Å². The summed E-state index contributed by atoms with van der Waals surface area (Å²) in [6.45, 7) is 1.32. The van der Waals surface area contributed by atoms with Gasteiger partial charge < -0.3 is 9.80 Å². The second kappa shape index (κ2) is 9.07. The molecule has 0 N–H and O–H groups in total. The summed E-state index contributed by atoms with van der Waals surface area (Å²) in [5.74, 6) is 0. The van der Waals surface area contributed by atoms with Crippen LogP contribution >= 0.6 is 34.8 Å². The molecule has 32 heavy (non-hydrogen) atoms. The SMILES string of the molecule is Clc1ccccc1CN1c2ccccc2N(Cc2ccccc2Cl)C1c1ccccc1Cl. The highest BCUT2D eigenvalue weighted by Crippen LogP contribution is 2.49. The van der Waals surface area contributed by atoms with Crippen molar-refractivity contribution in [2.24, 2.45) is 0 Å². The Morgan fingerprint density at radius 1 is 0.500 bits per heavy atom. The molecule has 0 spiro atoms. The van der Waals surface area contributed by atoms with Crippen molar-refractivity contribution >= 4 is 46.2 Å². The third-order valence-electron chi connectivity index (χ3n) is 5.87. The minimum Gasteiger partial charge on any atom is -0.341 e. The van der Waals surface area contributed by atoms with Gasteiger partial charge >= 0.3 is 0 Å². The molecule has 160 valence electrons. The van der Waals surface area contributed by atoms with E-state index >= 15 is 0 Å². The van der Waals surface area contributed by atoms with Gasteiger partial charge in [0.05, 0.1) is 11.4 Å². The zero-order valence-electron chi connectivity index (χ0n) is 17.3. The van der Waals surface area contributed by atoms with Gasteiger partial charge in [0.25, 0.3) is 0 Å². The summed E-state index contributed by atoms with van der Waals surface area (Å²) in [4.78, 5) is 4.74. The number of halogens is 3. The Hall–Kier alpha value is -2.65. The zero-order valence-corrected chi connectivity index (χ0v) is 19.5. The first kappa shape index (κ1) is 21.2. The van der Waals surface area contributed by atoms with Crippen LogP contribution in [0.15, 0.2) is 97.1 Å². The lowest BCUT2D eigenvalue weighted by atomic mass is 10.1. The van der Waals surface area contributed by atoms with Gasteiger partial charge in [-0.3, -0.25) is 0 Å². The molecule has 0 aliphatic carbocycles. The molecule has 0 saturated carbocycles. The van der Waals surface area contributed by atoms with Crippen molar-refractivity contribution in [1.29, 1.82) is 0 Å². The first-order valence-corrected chi connectivity index (χ1v) is 11.6. The number of nitrogens with zero attached hydrogens (tertiary/aromatic N) is 2. The highest BCUT2D eigenvalue weighted by Gasteiger charge is 2.38. The number of hydrogen-bond donors (Lipinski definition) is 0. The summed E-state index contributed by atoms with van der Waals surface area (Å²) in [5, 5.41) is 2.25. The van der Waals surface area contributed by atoms with E-state index in [4.69, 9.17) is 34.8 Å². The minimum absolute atomic E-state index is 0.103. The number of rotatable bonds is 5. The monoisotopic (exact) mass is 478 g/mol. The highest BCUT2D eigenvalue weighted by atomic mass is 35.5. The normalized spacial score (nSPS) is 13.5. The first-order valence-electron chi connectivity index (χ1n) is 10.5. The largest absolute Gasteiger partial charge is 0.341 e. The van der Waals surface area contributed by atoms with Gasteiger partial charge in [-0.25, -0.2) is 0 Å². The van der Waals surface area contributed by atoms with E-state index in [-0.39, 0.29) is 6.17 Å². The molecule has 5 rings (SSSR count). The molecule has 1 aliphatic heterocycles. The Labute approximate surface area is 203 Å². The van der Waals surface area contributed by atoms with Crippen LogP contribution in [0.3, 0.4) is 0 Å². The number of anilines is 2. The second-order valence-corrected chi connectivity index (χ2v) is 9.04. The summed E-state index contributed by atoms with van der Waals surface area (Å²) >= 11 is 19.9. The lowest BCUT2D eigenvalue weighted by Crippen LogP contribution is -2.35. The van der Waals surface area contributed by atoms with Crippen LogP contribution in [-0.4, -0.2) is 0 Å². The molecule has 4 aromatic carbocycles. The molecule has 2 nitrogen and oxygen atoms in total. The second-order valence-electron chi connectivity index (χ2n) is 7.82. The zero-order chi connectivity index (χ0) is 22.1. The van der Waals surface area contributed by atoms with Gasteiger partial charge in [-0.2, -0.15) is 0 Å². The maximum Gasteiger partial charge on any atom is 0.130 e. The van der Waals surface area contributed by atoms with E-state index in [2.05, 4.69) is 52.3 Å². The van der Waals surface area contributed by atoms with Gasteiger partial charge in [0, 0.05) is 33.7 Å². The predicted molar refractivity (Wildman–Crippen MR) is 136 cm³/mol. The molecule has 0 amide bonds. The Kier molecular flexibility index (Phi) is 6.01. The van der Waals surface area contributed by atoms with Crippen molar-refractivity contribution in [3.8, 4) is 0 Å². The van der Waals surface area contributed by atoms with E-state index in [0.29, 0.717) is 13.1 Å². The quantitative estimate of drug-likeness (QED) is 0.284. The maximum atomic E-state index is 6.74. The Balaban J connectivity index is 1.65. The molecule has 4 aromatic rings. The average Bonchev–Trinajstić information content (AvgIpc) is 3.10. The Morgan fingerprint density at radius 3 is 1.38 bits per heavy atom. The third kappa shape index (κ3) is 3.95. The predicted octanol–water partition coefficient (Wildman–Crippen LogP) is 8.37. The fourth-order valence-electron chi connectivity index (χ4n) is 4.37. The van der Waals surface area contributed by atoms with Gasteiger partial charge in [0.1, 0.15) is 6.17 Å². The molecule has 0 atom stereocenters. The van der Waals surface area contributed by atoms with Crippen molar-refractivity contribution in [2.45, 2.75) is 19.3 Å². The van der Waals surface area contributed by atoms with Crippen LogP contribution in [0.5, 0.6) is 0 Å². The summed E-state index contributed by atoms with van der Waals surface area (Å²) in [6.07, 6.45) is -0.103. The fraction of sp³-hybridized carbons (Fsp3) is 0.111. The molecule has 0 bridgehead atoms. The van der Waals surface area contributed by atoms with Gasteiger partial charge in [-0.15, -0.1) is 0 Å². The molecule has 0 radical (unpaired) electrons. The van der Waals surface area contributed by atoms with Crippen LogP contribution in [-0.2, 0) is 13.1 Å². The fourth-order valence-corrected chi connectivity index (χ4v) is 4.99. The van der Waals surface area contributed by atoms with Gasteiger partial charge in [0.2, 0.25) is 0 Å². The Morgan fingerprint density at radius 2 is 0.906 bits per heavy atom. The van der Waals surface area contributed by atoms with Crippen LogP contribution in [0, 0.1) is 0 Å². The van der Waals surface area contributed by atoms with E-state index in [9.17, 15) is 0 Å². The summed E-state index contributed by atoms with van der Waals surface area (Å²) in [5.41, 5.74) is 5.47. The lowest BCUT2D eigenvalue weighted by Gasteiger charge is -2.34.